The molecule has 0 saturated heterocycles. The molecular weight excluding hydrogens is 150 g/mol. The second-order valence-corrected chi connectivity index (χ2v) is 2.69. The Morgan fingerprint density at radius 2 is 2.25 bits per heavy atom. The molecule has 12 heavy (non-hydrogen) atoms. The van der Waals surface area contributed by atoms with E-state index in [-0.39, 0.29) is 0 Å². The van der Waals surface area contributed by atoms with Gasteiger partial charge in [-0.25, -0.2) is 0 Å². The van der Waals surface area contributed by atoms with Gasteiger partial charge in [-0.15, -0.1) is 0 Å². The Morgan fingerprint density at radius 1 is 1.42 bits per heavy atom. The Kier molecular flexibility index (Phi) is 1.38. The van der Waals surface area contributed by atoms with Crippen LogP contribution in [0.1, 0.15) is 11.3 Å². The average Bonchev–Trinajstić information content (AvgIpc) is 2.44. The molecule has 0 fully saturated rings. The number of benzene rings is 1. The lowest BCUT2D eigenvalue weighted by atomic mass is 10.1. The second-order valence-electron chi connectivity index (χ2n) is 2.69. The summed E-state index contributed by atoms with van der Waals surface area (Å²) in [6.45, 7) is 1.88. The molecule has 58 valence electrons. The summed E-state index contributed by atoms with van der Waals surface area (Å²) in [5.74, 6) is 0.840. The lowest BCUT2D eigenvalue weighted by Crippen LogP contribution is -1.72. The Hall–Kier alpha value is -1.75. The molecule has 0 aliphatic carbocycles. The highest BCUT2D eigenvalue weighted by molar-refractivity contribution is 5.84. The number of hydrogen-bond donors (Lipinski definition) is 0. The van der Waals surface area contributed by atoms with Crippen molar-refractivity contribution in [2.45, 2.75) is 6.92 Å². The molecule has 0 aliphatic rings. The van der Waals surface area contributed by atoms with Crippen LogP contribution in [0.4, 0.5) is 0 Å². The van der Waals surface area contributed by atoms with Crippen molar-refractivity contribution in [1.29, 1.82) is 5.26 Å². The van der Waals surface area contributed by atoms with E-state index < -0.39 is 0 Å². The highest BCUT2D eigenvalue weighted by Gasteiger charge is 2.03. The first kappa shape index (κ1) is 6.93. The van der Waals surface area contributed by atoms with Crippen LogP contribution in [0.2, 0.25) is 0 Å². The highest BCUT2D eigenvalue weighted by Crippen LogP contribution is 2.21. The Bertz CT molecular complexity index is 462. The van der Waals surface area contributed by atoms with Crippen LogP contribution in [0.5, 0.6) is 0 Å². The minimum Gasteiger partial charge on any atom is -0.461 e. The van der Waals surface area contributed by atoms with Gasteiger partial charge in [-0.05, 0) is 25.1 Å². The number of furan rings is 1. The molecule has 0 N–H and O–H groups in total. The van der Waals surface area contributed by atoms with Gasteiger partial charge in [0.15, 0.2) is 0 Å². The first-order valence-electron chi connectivity index (χ1n) is 3.70. The smallest absolute Gasteiger partial charge is 0.135 e. The van der Waals surface area contributed by atoms with Crippen LogP contribution < -0.4 is 0 Å². The molecular formula is C10H7NO. The van der Waals surface area contributed by atoms with Gasteiger partial charge in [0.05, 0.1) is 11.6 Å². The van der Waals surface area contributed by atoms with Gasteiger partial charge in [-0.3, -0.25) is 0 Å². The first-order chi connectivity index (χ1) is 5.81. The van der Waals surface area contributed by atoms with E-state index in [2.05, 4.69) is 6.07 Å². The normalized spacial score (nSPS) is 10.0. The number of fused-ring (bicyclic) bond motifs is 1. The van der Waals surface area contributed by atoms with Gasteiger partial charge >= 0.3 is 0 Å². The zero-order valence-corrected chi connectivity index (χ0v) is 6.66. The molecule has 2 heteroatoms. The van der Waals surface area contributed by atoms with Crippen LogP contribution >= 0.6 is 0 Å². The molecule has 0 saturated carbocycles. The van der Waals surface area contributed by atoms with Crippen molar-refractivity contribution in [2.75, 3.05) is 0 Å². The lowest BCUT2D eigenvalue weighted by Gasteiger charge is -1.88. The van der Waals surface area contributed by atoms with Crippen molar-refractivity contribution >= 4 is 11.0 Å². The minimum atomic E-state index is 0.671. The second kappa shape index (κ2) is 2.38. The lowest BCUT2D eigenvalue weighted by molar-refractivity contribution is 0.578. The highest BCUT2D eigenvalue weighted by atomic mass is 16.3. The summed E-state index contributed by atoms with van der Waals surface area (Å²) in [5.41, 5.74) is 1.45. The molecule has 0 bridgehead atoms. The molecule has 0 spiro atoms. The number of rotatable bonds is 0. The van der Waals surface area contributed by atoms with Gasteiger partial charge in [-0.1, -0.05) is 6.07 Å². The third-order valence-corrected chi connectivity index (χ3v) is 1.81. The minimum absolute atomic E-state index is 0.671. The summed E-state index contributed by atoms with van der Waals surface area (Å²) < 4.78 is 5.36. The average molecular weight is 157 g/mol. The molecule has 1 heterocycles. The largest absolute Gasteiger partial charge is 0.461 e. The van der Waals surface area contributed by atoms with Gasteiger partial charge in [0.25, 0.3) is 0 Å². The maximum Gasteiger partial charge on any atom is 0.135 e. The van der Waals surface area contributed by atoms with Gasteiger partial charge in [0.1, 0.15) is 11.3 Å². The SMILES string of the molecule is Cc1cc2c(C#N)cccc2o1. The predicted molar refractivity (Wildman–Crippen MR) is 45.7 cm³/mol. The van der Waals surface area contributed by atoms with Crippen LogP contribution in [0.15, 0.2) is 28.7 Å². The fraction of sp³-hybridized carbons (Fsp3) is 0.100. The molecule has 0 unspecified atom stereocenters. The van der Waals surface area contributed by atoms with Crippen LogP contribution in [-0.4, -0.2) is 0 Å². The summed E-state index contributed by atoms with van der Waals surface area (Å²) in [4.78, 5) is 0. The zero-order valence-electron chi connectivity index (χ0n) is 6.66. The maximum atomic E-state index is 8.75. The molecule has 0 amide bonds. The van der Waals surface area contributed by atoms with Gasteiger partial charge in [0, 0.05) is 5.39 Å². The zero-order chi connectivity index (χ0) is 8.55. The summed E-state index contributed by atoms with van der Waals surface area (Å²) in [5, 5.41) is 9.65. The van der Waals surface area contributed by atoms with E-state index in [0.29, 0.717) is 5.56 Å². The predicted octanol–water partition coefficient (Wildman–Crippen LogP) is 2.61. The summed E-state index contributed by atoms with van der Waals surface area (Å²) in [6, 6.07) is 9.48. The molecule has 0 atom stereocenters. The van der Waals surface area contributed by atoms with Crippen molar-refractivity contribution in [3.05, 3.63) is 35.6 Å². The van der Waals surface area contributed by atoms with Crippen molar-refractivity contribution < 1.29 is 4.42 Å². The van der Waals surface area contributed by atoms with Crippen LogP contribution in [0.25, 0.3) is 11.0 Å². The number of hydrogen-bond acceptors (Lipinski definition) is 2. The Morgan fingerprint density at radius 3 is 3.00 bits per heavy atom. The number of aryl methyl sites for hydroxylation is 1. The van der Waals surface area contributed by atoms with E-state index in [9.17, 15) is 0 Å². The number of nitriles is 1. The topological polar surface area (TPSA) is 36.9 Å². The number of nitrogens with zero attached hydrogens (tertiary/aromatic N) is 1. The van der Waals surface area contributed by atoms with E-state index >= 15 is 0 Å². The molecule has 0 aliphatic heterocycles. The first-order valence-corrected chi connectivity index (χ1v) is 3.70. The van der Waals surface area contributed by atoms with E-state index in [4.69, 9.17) is 9.68 Å². The summed E-state index contributed by atoms with van der Waals surface area (Å²) in [6.07, 6.45) is 0. The van der Waals surface area contributed by atoms with E-state index in [1.54, 1.807) is 6.07 Å². The van der Waals surface area contributed by atoms with Crippen LogP contribution in [0, 0.1) is 18.3 Å². The summed E-state index contributed by atoms with van der Waals surface area (Å²) >= 11 is 0. The van der Waals surface area contributed by atoms with E-state index in [1.807, 2.05) is 25.1 Å². The maximum absolute atomic E-state index is 8.75. The van der Waals surface area contributed by atoms with Crippen molar-refractivity contribution in [3.8, 4) is 6.07 Å². The van der Waals surface area contributed by atoms with Crippen molar-refractivity contribution in [3.63, 3.8) is 0 Å². The van der Waals surface area contributed by atoms with Crippen LogP contribution in [0.3, 0.4) is 0 Å². The van der Waals surface area contributed by atoms with E-state index in [1.165, 1.54) is 0 Å². The van der Waals surface area contributed by atoms with Gasteiger partial charge < -0.3 is 4.42 Å². The Balaban J connectivity index is 2.89. The molecule has 2 aromatic rings. The standard InChI is InChI=1S/C10H7NO/c1-7-5-9-8(6-11)3-2-4-10(9)12-7/h2-5H,1H3. The fourth-order valence-electron chi connectivity index (χ4n) is 1.29. The third kappa shape index (κ3) is 0.876. The quantitative estimate of drug-likeness (QED) is 0.589. The molecule has 0 radical (unpaired) electrons. The monoisotopic (exact) mass is 157 g/mol. The third-order valence-electron chi connectivity index (χ3n) is 1.81. The van der Waals surface area contributed by atoms with Crippen LogP contribution in [-0.2, 0) is 0 Å². The van der Waals surface area contributed by atoms with Crippen molar-refractivity contribution in [2.24, 2.45) is 0 Å². The van der Waals surface area contributed by atoms with Crippen molar-refractivity contribution in [1.82, 2.24) is 0 Å². The molecule has 2 rings (SSSR count). The molecule has 2 nitrogen and oxygen atoms in total. The van der Waals surface area contributed by atoms with Gasteiger partial charge in [0.2, 0.25) is 0 Å². The van der Waals surface area contributed by atoms with E-state index in [0.717, 1.165) is 16.7 Å². The summed E-state index contributed by atoms with van der Waals surface area (Å²) in [7, 11) is 0. The molecule has 1 aromatic heterocycles. The molecule has 1 aromatic carbocycles. The fourth-order valence-corrected chi connectivity index (χ4v) is 1.29. The van der Waals surface area contributed by atoms with Gasteiger partial charge in [-0.2, -0.15) is 5.26 Å². The Labute approximate surface area is 70.0 Å².